The molecule has 1 aliphatic carbocycles. The fourth-order valence-electron chi connectivity index (χ4n) is 3.77. The van der Waals surface area contributed by atoms with Crippen molar-refractivity contribution in [2.24, 2.45) is 4.99 Å². The van der Waals surface area contributed by atoms with Gasteiger partial charge in [-0.3, -0.25) is 4.79 Å². The molecule has 0 aromatic heterocycles. The molecule has 1 aliphatic heterocycles. The second kappa shape index (κ2) is 11.5. The molecular weight excluding hydrogens is 451 g/mol. The molecule has 1 aromatic carbocycles. The highest BCUT2D eigenvalue weighted by atomic mass is 127. The number of likely N-dealkylation sites (tertiary alicyclic amines) is 1. The highest BCUT2D eigenvalue weighted by molar-refractivity contribution is 14.0. The zero-order valence-corrected chi connectivity index (χ0v) is 18.7. The molecule has 3 rings (SSSR count). The molecule has 1 heterocycles. The minimum absolute atomic E-state index is 0. The summed E-state index contributed by atoms with van der Waals surface area (Å²) in [5.41, 5.74) is 2.39. The lowest BCUT2D eigenvalue weighted by molar-refractivity contribution is -0.128. The van der Waals surface area contributed by atoms with Gasteiger partial charge in [-0.05, 0) is 37.3 Å². The van der Waals surface area contributed by atoms with Crippen LogP contribution in [0.4, 0.5) is 0 Å². The first-order valence-electron chi connectivity index (χ1n) is 10.1. The van der Waals surface area contributed by atoms with Crippen LogP contribution < -0.4 is 10.6 Å². The van der Waals surface area contributed by atoms with Crippen LogP contribution in [0, 0.1) is 0 Å². The van der Waals surface area contributed by atoms with Crippen molar-refractivity contribution in [1.29, 1.82) is 0 Å². The minimum atomic E-state index is 0. The second-order valence-electron chi connectivity index (χ2n) is 7.41. The highest BCUT2D eigenvalue weighted by Crippen LogP contribution is 2.17. The average molecular weight is 484 g/mol. The molecule has 1 saturated heterocycles. The highest BCUT2D eigenvalue weighted by Gasteiger charge is 2.19. The zero-order chi connectivity index (χ0) is 18.2. The predicted molar refractivity (Wildman–Crippen MR) is 121 cm³/mol. The molecule has 27 heavy (non-hydrogen) atoms. The zero-order valence-electron chi connectivity index (χ0n) is 16.4. The average Bonchev–Trinajstić information content (AvgIpc) is 3.07. The quantitative estimate of drug-likeness (QED) is 0.367. The molecule has 6 heteroatoms. The number of carbonyl (C=O) groups is 1. The van der Waals surface area contributed by atoms with Crippen LogP contribution in [0.15, 0.2) is 29.3 Å². The molecular formula is C21H33IN4O. The molecule has 1 saturated carbocycles. The van der Waals surface area contributed by atoms with Gasteiger partial charge in [-0.15, -0.1) is 24.0 Å². The predicted octanol–water partition coefficient (Wildman–Crippen LogP) is 3.81. The SMILES string of the molecule is CCNC(=NCc1ccc(CN2CCCC2=O)cc1)NC1CCCCC1.I. The summed E-state index contributed by atoms with van der Waals surface area (Å²) in [7, 11) is 0. The summed E-state index contributed by atoms with van der Waals surface area (Å²) in [4.78, 5) is 18.4. The molecule has 2 N–H and O–H groups in total. The number of halogens is 1. The number of rotatable bonds is 6. The van der Waals surface area contributed by atoms with Gasteiger partial charge in [0.2, 0.25) is 5.91 Å². The Morgan fingerprint density at radius 1 is 1.11 bits per heavy atom. The Labute approximate surface area is 180 Å². The summed E-state index contributed by atoms with van der Waals surface area (Å²) in [5.74, 6) is 1.20. The second-order valence-corrected chi connectivity index (χ2v) is 7.41. The number of hydrogen-bond acceptors (Lipinski definition) is 2. The lowest BCUT2D eigenvalue weighted by Gasteiger charge is -2.24. The van der Waals surface area contributed by atoms with Gasteiger partial charge in [0, 0.05) is 32.1 Å². The van der Waals surface area contributed by atoms with Crippen molar-refractivity contribution >= 4 is 35.8 Å². The number of nitrogens with one attached hydrogen (secondary N) is 2. The number of aliphatic imine (C=N–C) groups is 1. The van der Waals surface area contributed by atoms with Crippen molar-refractivity contribution in [3.05, 3.63) is 35.4 Å². The van der Waals surface area contributed by atoms with E-state index in [9.17, 15) is 4.79 Å². The fourth-order valence-corrected chi connectivity index (χ4v) is 3.77. The van der Waals surface area contributed by atoms with Crippen molar-refractivity contribution in [1.82, 2.24) is 15.5 Å². The van der Waals surface area contributed by atoms with E-state index in [0.29, 0.717) is 19.0 Å². The van der Waals surface area contributed by atoms with Crippen LogP contribution >= 0.6 is 24.0 Å². The third-order valence-electron chi connectivity index (χ3n) is 5.28. The Bertz CT molecular complexity index is 611. The summed E-state index contributed by atoms with van der Waals surface area (Å²) in [6, 6.07) is 9.06. The Balaban J connectivity index is 0.00000261. The number of guanidine groups is 1. The van der Waals surface area contributed by atoms with E-state index in [1.165, 1.54) is 43.2 Å². The molecule has 0 atom stereocenters. The topological polar surface area (TPSA) is 56.7 Å². The van der Waals surface area contributed by atoms with E-state index in [-0.39, 0.29) is 29.9 Å². The van der Waals surface area contributed by atoms with Crippen molar-refractivity contribution in [3.8, 4) is 0 Å². The van der Waals surface area contributed by atoms with E-state index < -0.39 is 0 Å². The van der Waals surface area contributed by atoms with Crippen LogP contribution in [0.2, 0.25) is 0 Å². The first-order chi connectivity index (χ1) is 12.7. The van der Waals surface area contributed by atoms with Gasteiger partial charge in [-0.2, -0.15) is 0 Å². The van der Waals surface area contributed by atoms with E-state index in [1.807, 2.05) is 4.90 Å². The lowest BCUT2D eigenvalue weighted by Crippen LogP contribution is -2.44. The molecule has 1 aromatic rings. The summed E-state index contributed by atoms with van der Waals surface area (Å²) < 4.78 is 0. The van der Waals surface area contributed by atoms with Crippen LogP contribution in [-0.2, 0) is 17.9 Å². The van der Waals surface area contributed by atoms with Gasteiger partial charge in [0.05, 0.1) is 6.54 Å². The third kappa shape index (κ3) is 6.97. The monoisotopic (exact) mass is 484 g/mol. The number of nitrogens with zero attached hydrogens (tertiary/aromatic N) is 2. The maximum atomic E-state index is 11.7. The molecule has 0 bridgehead atoms. The van der Waals surface area contributed by atoms with Gasteiger partial charge in [0.15, 0.2) is 5.96 Å². The molecule has 150 valence electrons. The van der Waals surface area contributed by atoms with E-state index in [1.54, 1.807) is 0 Å². The Morgan fingerprint density at radius 3 is 2.44 bits per heavy atom. The summed E-state index contributed by atoms with van der Waals surface area (Å²) in [6.45, 7) is 5.27. The van der Waals surface area contributed by atoms with Crippen molar-refractivity contribution in [2.45, 2.75) is 71.0 Å². The van der Waals surface area contributed by atoms with Crippen LogP contribution in [0.3, 0.4) is 0 Å². The van der Waals surface area contributed by atoms with Crippen molar-refractivity contribution in [3.63, 3.8) is 0 Å². The first kappa shape index (κ1) is 22.0. The number of carbonyl (C=O) groups excluding carboxylic acids is 1. The van der Waals surface area contributed by atoms with E-state index >= 15 is 0 Å². The van der Waals surface area contributed by atoms with Crippen LogP contribution in [0.5, 0.6) is 0 Å². The van der Waals surface area contributed by atoms with Crippen molar-refractivity contribution in [2.75, 3.05) is 13.1 Å². The molecule has 0 unspecified atom stereocenters. The van der Waals surface area contributed by atoms with Crippen LogP contribution in [0.1, 0.15) is 63.0 Å². The fraction of sp³-hybridized carbons (Fsp3) is 0.619. The smallest absolute Gasteiger partial charge is 0.222 e. The maximum absolute atomic E-state index is 11.7. The number of benzene rings is 1. The summed E-state index contributed by atoms with van der Waals surface area (Å²) >= 11 is 0. The van der Waals surface area contributed by atoms with Crippen LogP contribution in [-0.4, -0.2) is 35.9 Å². The van der Waals surface area contributed by atoms with Gasteiger partial charge in [0.1, 0.15) is 0 Å². The van der Waals surface area contributed by atoms with Crippen LogP contribution in [0.25, 0.3) is 0 Å². The summed E-state index contributed by atoms with van der Waals surface area (Å²) in [5, 5.41) is 6.95. The van der Waals surface area contributed by atoms with Gasteiger partial charge >= 0.3 is 0 Å². The Morgan fingerprint density at radius 2 is 1.81 bits per heavy atom. The molecule has 0 spiro atoms. The molecule has 5 nitrogen and oxygen atoms in total. The van der Waals surface area contributed by atoms with E-state index in [4.69, 9.17) is 4.99 Å². The van der Waals surface area contributed by atoms with Gasteiger partial charge < -0.3 is 15.5 Å². The molecule has 1 amide bonds. The normalized spacial score (nSPS) is 18.3. The number of hydrogen-bond donors (Lipinski definition) is 2. The maximum Gasteiger partial charge on any atom is 0.222 e. The minimum Gasteiger partial charge on any atom is -0.357 e. The largest absolute Gasteiger partial charge is 0.357 e. The van der Waals surface area contributed by atoms with E-state index in [0.717, 1.165) is 32.0 Å². The third-order valence-corrected chi connectivity index (χ3v) is 5.28. The van der Waals surface area contributed by atoms with Gasteiger partial charge in [-0.25, -0.2) is 4.99 Å². The van der Waals surface area contributed by atoms with Crippen molar-refractivity contribution < 1.29 is 4.79 Å². The van der Waals surface area contributed by atoms with Gasteiger partial charge in [-0.1, -0.05) is 43.5 Å². The Kier molecular flexibility index (Phi) is 9.38. The summed E-state index contributed by atoms with van der Waals surface area (Å²) in [6.07, 6.45) is 8.18. The Hall–Kier alpha value is -1.31. The standard InChI is InChI=1S/C21H32N4O.HI/c1-2-22-21(24-19-7-4-3-5-8-19)23-15-17-10-12-18(13-11-17)16-25-14-6-9-20(25)26;/h10-13,19H,2-9,14-16H2,1H3,(H2,22,23,24);1H. The number of amides is 1. The first-order valence-corrected chi connectivity index (χ1v) is 10.1. The lowest BCUT2D eigenvalue weighted by atomic mass is 9.96. The molecule has 2 aliphatic rings. The van der Waals surface area contributed by atoms with E-state index in [2.05, 4.69) is 41.8 Å². The molecule has 2 fully saturated rings. The van der Waals surface area contributed by atoms with Gasteiger partial charge in [0.25, 0.3) is 0 Å². The molecule has 0 radical (unpaired) electrons.